The number of halogens is 2. The van der Waals surface area contributed by atoms with E-state index in [1.807, 2.05) is 38.7 Å². The summed E-state index contributed by atoms with van der Waals surface area (Å²) in [6.07, 6.45) is -0.291. The highest BCUT2D eigenvalue weighted by Gasteiger charge is 2.64. The summed E-state index contributed by atoms with van der Waals surface area (Å²) in [6, 6.07) is 11.7. The molecule has 0 spiro atoms. The van der Waals surface area contributed by atoms with E-state index in [9.17, 15) is 29.2 Å². The third-order valence-corrected chi connectivity index (χ3v) is 11.3. The molecule has 16 heteroatoms. The molecular formula is C38H38ClFN8O6. The van der Waals surface area contributed by atoms with E-state index in [1.54, 1.807) is 30.3 Å². The fourth-order valence-corrected chi connectivity index (χ4v) is 8.72. The molecule has 2 aromatic carbocycles. The number of piperidine rings is 1. The van der Waals surface area contributed by atoms with Gasteiger partial charge in [0.25, 0.3) is 17.7 Å². The van der Waals surface area contributed by atoms with Crippen LogP contribution in [0.25, 0.3) is 0 Å². The highest BCUT2D eigenvalue weighted by molar-refractivity contribution is 6.31. The van der Waals surface area contributed by atoms with Crippen molar-refractivity contribution in [2.45, 2.75) is 65.3 Å². The molecule has 1 aromatic heterocycles. The van der Waals surface area contributed by atoms with E-state index < -0.39 is 46.3 Å². The molecule has 5 amide bonds. The number of carbonyl (C=O) groups is 5. The Morgan fingerprint density at radius 1 is 1.02 bits per heavy atom. The van der Waals surface area contributed by atoms with Gasteiger partial charge in [-0.15, -0.1) is 10.2 Å². The second kappa shape index (κ2) is 13.7. The lowest BCUT2D eigenvalue weighted by Crippen LogP contribution is -2.74. The van der Waals surface area contributed by atoms with Crippen LogP contribution < -0.4 is 20.3 Å². The van der Waals surface area contributed by atoms with Crippen LogP contribution in [0.15, 0.2) is 42.5 Å². The predicted octanol–water partition coefficient (Wildman–Crippen LogP) is 3.48. The van der Waals surface area contributed by atoms with Gasteiger partial charge in [0, 0.05) is 62.1 Å². The fraction of sp³-hybridized carbons (Fsp3) is 0.421. The number of hydrogen-bond donors (Lipinski definition) is 2. The van der Waals surface area contributed by atoms with Crippen LogP contribution in [-0.4, -0.2) is 93.9 Å². The molecule has 3 aliphatic heterocycles. The second-order valence-corrected chi connectivity index (χ2v) is 15.7. The molecule has 1 unspecified atom stereocenters. The van der Waals surface area contributed by atoms with Crippen molar-refractivity contribution in [3.05, 3.63) is 81.3 Å². The number of imide groups is 2. The molecule has 4 aliphatic rings. The normalized spacial score (nSPS) is 23.3. The Morgan fingerprint density at radius 3 is 2.37 bits per heavy atom. The van der Waals surface area contributed by atoms with Crippen molar-refractivity contribution in [2.24, 2.45) is 10.8 Å². The quantitative estimate of drug-likeness (QED) is 0.322. The summed E-state index contributed by atoms with van der Waals surface area (Å²) in [5.74, 6) is -2.91. The van der Waals surface area contributed by atoms with Crippen molar-refractivity contribution in [3.8, 4) is 11.8 Å². The molecule has 0 radical (unpaired) electrons. The molecule has 3 fully saturated rings. The molecule has 7 rings (SSSR count). The molecule has 2 N–H and O–H groups in total. The lowest BCUT2D eigenvalue weighted by atomic mass is 9.49. The zero-order valence-corrected chi connectivity index (χ0v) is 30.9. The molecule has 1 aliphatic carbocycles. The Kier molecular flexibility index (Phi) is 9.39. The van der Waals surface area contributed by atoms with Crippen molar-refractivity contribution in [1.82, 2.24) is 30.6 Å². The van der Waals surface area contributed by atoms with Gasteiger partial charge >= 0.3 is 0 Å². The smallest absolute Gasteiger partial charge is 0.272 e. The monoisotopic (exact) mass is 756 g/mol. The number of fused-ring (bicyclic) bond motifs is 1. The Morgan fingerprint density at radius 2 is 1.74 bits per heavy atom. The summed E-state index contributed by atoms with van der Waals surface area (Å²) in [5, 5.41) is 23.3. The summed E-state index contributed by atoms with van der Waals surface area (Å²) in [4.78, 5) is 68.4. The first-order valence-corrected chi connectivity index (χ1v) is 18.0. The lowest BCUT2D eigenvalue weighted by molar-refractivity contribution is -0.164. The molecule has 1 saturated carbocycles. The Balaban J connectivity index is 0.933. The summed E-state index contributed by atoms with van der Waals surface area (Å²) in [7, 11) is 0. The van der Waals surface area contributed by atoms with Gasteiger partial charge in [0.05, 0.1) is 21.7 Å². The zero-order chi connectivity index (χ0) is 38.7. The number of anilines is 1. The topological polar surface area (TPSA) is 178 Å². The Bertz CT molecular complexity index is 2110. The Labute approximate surface area is 315 Å². The number of benzene rings is 2. The van der Waals surface area contributed by atoms with Crippen LogP contribution in [0, 0.1) is 28.0 Å². The van der Waals surface area contributed by atoms with Gasteiger partial charge in [-0.25, -0.2) is 4.39 Å². The minimum atomic E-state index is -1.17. The first kappa shape index (κ1) is 36.9. The first-order valence-electron chi connectivity index (χ1n) is 17.6. The van der Waals surface area contributed by atoms with Crippen LogP contribution in [0.5, 0.6) is 5.75 Å². The maximum atomic E-state index is 15.3. The zero-order valence-electron chi connectivity index (χ0n) is 30.1. The minimum Gasteiger partial charge on any atom is -0.489 e. The third-order valence-electron chi connectivity index (χ3n) is 11.0. The largest absolute Gasteiger partial charge is 0.489 e. The van der Waals surface area contributed by atoms with Crippen molar-refractivity contribution >= 4 is 47.0 Å². The number of nitrogens with one attached hydrogen (secondary N) is 2. The number of hydrogen-bond acceptors (Lipinski definition) is 11. The van der Waals surface area contributed by atoms with E-state index in [1.165, 1.54) is 12.1 Å². The lowest BCUT2D eigenvalue weighted by Gasteiger charge is -2.63. The summed E-state index contributed by atoms with van der Waals surface area (Å²) < 4.78 is 21.6. The SMILES string of the molecule is CC1(C)C(NC(=O)c2ccc(N3CCN(Cc4cc(F)c5c(c4)C(=O)N(C4CCC(=O)NC4=O)C5=O)CC3)nn2)C(C)(C)C1Oc1ccc(C#N)c(Cl)c1. The highest BCUT2D eigenvalue weighted by atomic mass is 35.5. The van der Waals surface area contributed by atoms with Crippen LogP contribution in [0.3, 0.4) is 0 Å². The standard InChI is InChI=1S/C38H38ClFN8O6/c1-37(2)35(38(3,4)36(37)54-22-6-5-21(18-41)24(39)17-22)43-31(50)26-7-9-28(45-44-26)47-13-11-46(12-14-47)19-20-15-23-30(25(40)16-20)34(53)48(33(23)52)27-8-10-29(49)42-32(27)51/h5-7,9,15-17,27,35-36H,8,10-14,19H2,1-4H3,(H,43,50)(H,42,49,51). The maximum absolute atomic E-state index is 15.3. The average molecular weight is 757 g/mol. The van der Waals surface area contributed by atoms with Gasteiger partial charge < -0.3 is 15.0 Å². The molecule has 280 valence electrons. The van der Waals surface area contributed by atoms with Crippen LogP contribution in [-0.2, 0) is 16.1 Å². The van der Waals surface area contributed by atoms with Gasteiger partial charge in [0.15, 0.2) is 11.5 Å². The number of nitrogens with zero attached hydrogens (tertiary/aromatic N) is 6. The number of nitriles is 1. The Hall–Kier alpha value is -5.46. The number of piperazine rings is 1. The summed E-state index contributed by atoms with van der Waals surface area (Å²) >= 11 is 6.21. The van der Waals surface area contributed by atoms with Gasteiger partial charge in [0.1, 0.15) is 29.8 Å². The molecule has 0 bridgehead atoms. The molecule has 14 nitrogen and oxygen atoms in total. The first-order chi connectivity index (χ1) is 25.6. The number of amides is 5. The number of ether oxygens (including phenoxy) is 1. The molecule has 54 heavy (non-hydrogen) atoms. The molecule has 3 aromatic rings. The van der Waals surface area contributed by atoms with Gasteiger partial charge in [0.2, 0.25) is 11.8 Å². The minimum absolute atomic E-state index is 0.0118. The predicted molar refractivity (Wildman–Crippen MR) is 192 cm³/mol. The van der Waals surface area contributed by atoms with Gasteiger partial charge in [-0.1, -0.05) is 39.3 Å². The third kappa shape index (κ3) is 6.43. The van der Waals surface area contributed by atoms with E-state index in [2.05, 4.69) is 25.7 Å². The van der Waals surface area contributed by atoms with Gasteiger partial charge in [-0.3, -0.25) is 39.1 Å². The van der Waals surface area contributed by atoms with E-state index in [-0.39, 0.29) is 47.7 Å². The molecular weight excluding hydrogens is 719 g/mol. The average Bonchev–Trinajstić information content (AvgIpc) is 3.38. The van der Waals surface area contributed by atoms with E-state index >= 15 is 4.39 Å². The number of aromatic nitrogens is 2. The van der Waals surface area contributed by atoms with E-state index in [0.717, 1.165) is 4.90 Å². The fourth-order valence-electron chi connectivity index (χ4n) is 8.50. The summed E-state index contributed by atoms with van der Waals surface area (Å²) in [5.41, 5.74) is -0.294. The van der Waals surface area contributed by atoms with Crippen LogP contribution >= 0.6 is 11.6 Å². The summed E-state index contributed by atoms with van der Waals surface area (Å²) in [6.45, 7) is 10.7. The van der Waals surface area contributed by atoms with Crippen LogP contribution in [0.1, 0.15) is 82.9 Å². The maximum Gasteiger partial charge on any atom is 0.272 e. The second-order valence-electron chi connectivity index (χ2n) is 15.3. The van der Waals surface area contributed by atoms with Crippen LogP contribution in [0.4, 0.5) is 10.2 Å². The van der Waals surface area contributed by atoms with Crippen molar-refractivity contribution in [2.75, 3.05) is 31.1 Å². The number of carbonyl (C=O) groups excluding carboxylic acids is 5. The van der Waals surface area contributed by atoms with Crippen LogP contribution in [0.2, 0.25) is 5.02 Å². The van der Waals surface area contributed by atoms with Gasteiger partial charge in [-0.2, -0.15) is 5.26 Å². The molecule has 1 atom stereocenters. The highest BCUT2D eigenvalue weighted by Crippen LogP contribution is 2.55. The van der Waals surface area contributed by atoms with Crippen molar-refractivity contribution in [3.63, 3.8) is 0 Å². The van der Waals surface area contributed by atoms with E-state index in [4.69, 9.17) is 16.3 Å². The number of rotatable bonds is 8. The van der Waals surface area contributed by atoms with Crippen molar-refractivity contribution in [1.29, 1.82) is 5.26 Å². The van der Waals surface area contributed by atoms with Crippen molar-refractivity contribution < 1.29 is 33.1 Å². The van der Waals surface area contributed by atoms with Gasteiger partial charge in [-0.05, 0) is 48.4 Å². The molecule has 4 heterocycles. The van der Waals surface area contributed by atoms with E-state index in [0.29, 0.717) is 60.4 Å². The molecule has 2 saturated heterocycles.